The van der Waals surface area contributed by atoms with E-state index in [1.807, 2.05) is 18.3 Å². The van der Waals surface area contributed by atoms with Gasteiger partial charge in [-0.2, -0.15) is 0 Å². The molecule has 0 amide bonds. The molecule has 0 aliphatic carbocycles. The van der Waals surface area contributed by atoms with E-state index in [9.17, 15) is 0 Å². The number of rotatable bonds is 4. The Kier molecular flexibility index (Phi) is 4.08. The van der Waals surface area contributed by atoms with E-state index in [0.29, 0.717) is 6.04 Å². The van der Waals surface area contributed by atoms with E-state index < -0.39 is 0 Å². The summed E-state index contributed by atoms with van der Waals surface area (Å²) in [6.45, 7) is 6.04. The molecule has 2 heterocycles. The third kappa shape index (κ3) is 2.48. The highest BCUT2D eigenvalue weighted by atomic mass is 32.1. The number of ether oxygens (including phenoxy) is 1. The van der Waals surface area contributed by atoms with Gasteiger partial charge in [0, 0.05) is 11.4 Å². The van der Waals surface area contributed by atoms with Crippen molar-refractivity contribution in [1.82, 2.24) is 5.32 Å². The van der Waals surface area contributed by atoms with Crippen molar-refractivity contribution in [1.29, 1.82) is 0 Å². The van der Waals surface area contributed by atoms with Crippen molar-refractivity contribution in [2.24, 2.45) is 0 Å². The monoisotopic (exact) mass is 287 g/mol. The number of aryl methyl sites for hydroxylation is 1. The first-order valence-corrected chi connectivity index (χ1v) is 8.26. The largest absolute Gasteiger partial charge is 0.494 e. The molecule has 1 aromatic carbocycles. The fourth-order valence-corrected chi connectivity index (χ4v) is 4.19. The van der Waals surface area contributed by atoms with Gasteiger partial charge in [-0.05, 0) is 54.0 Å². The van der Waals surface area contributed by atoms with Crippen LogP contribution >= 0.6 is 11.3 Å². The second kappa shape index (κ2) is 5.98. The second-order valence-corrected chi connectivity index (χ2v) is 6.01. The first-order chi connectivity index (χ1) is 9.83. The van der Waals surface area contributed by atoms with Crippen molar-refractivity contribution in [3.63, 3.8) is 0 Å². The molecule has 2 nitrogen and oxygen atoms in total. The molecule has 0 spiro atoms. The molecule has 106 valence electrons. The smallest absolute Gasteiger partial charge is 0.119 e. The minimum Gasteiger partial charge on any atom is -0.494 e. The Balaban J connectivity index is 1.90. The van der Waals surface area contributed by atoms with Crippen LogP contribution in [0, 0.1) is 0 Å². The summed E-state index contributed by atoms with van der Waals surface area (Å²) in [5.41, 5.74) is 4.44. The van der Waals surface area contributed by atoms with Crippen LogP contribution in [0.3, 0.4) is 0 Å². The molecule has 0 fully saturated rings. The Bertz CT molecular complexity index is 573. The molecule has 1 aromatic heterocycles. The van der Waals surface area contributed by atoms with Crippen LogP contribution in [0.25, 0.3) is 0 Å². The van der Waals surface area contributed by atoms with Gasteiger partial charge in [0.25, 0.3) is 0 Å². The Morgan fingerprint density at radius 1 is 1.25 bits per heavy atom. The van der Waals surface area contributed by atoms with E-state index in [2.05, 4.69) is 41.9 Å². The molecule has 1 unspecified atom stereocenters. The molecule has 0 saturated carbocycles. The van der Waals surface area contributed by atoms with E-state index in [1.54, 1.807) is 5.56 Å². The number of benzene rings is 1. The van der Waals surface area contributed by atoms with E-state index >= 15 is 0 Å². The summed E-state index contributed by atoms with van der Waals surface area (Å²) in [6, 6.07) is 8.86. The van der Waals surface area contributed by atoms with Gasteiger partial charge >= 0.3 is 0 Å². The summed E-state index contributed by atoms with van der Waals surface area (Å²) < 4.78 is 5.52. The zero-order valence-corrected chi connectivity index (χ0v) is 12.9. The summed E-state index contributed by atoms with van der Waals surface area (Å²) in [5.74, 6) is 0.952. The van der Waals surface area contributed by atoms with Gasteiger partial charge in [0.15, 0.2) is 0 Å². The van der Waals surface area contributed by atoms with Gasteiger partial charge in [0.2, 0.25) is 0 Å². The minimum absolute atomic E-state index is 0.347. The SMILES string of the molecule is CCOc1ccc(C2NCCc3c(CC)csc32)cc1. The predicted molar refractivity (Wildman–Crippen MR) is 84.9 cm³/mol. The van der Waals surface area contributed by atoms with Crippen molar-refractivity contribution in [2.75, 3.05) is 13.2 Å². The highest BCUT2D eigenvalue weighted by Gasteiger charge is 2.24. The highest BCUT2D eigenvalue weighted by molar-refractivity contribution is 7.10. The maximum Gasteiger partial charge on any atom is 0.119 e. The molecule has 20 heavy (non-hydrogen) atoms. The Hall–Kier alpha value is -1.32. The minimum atomic E-state index is 0.347. The van der Waals surface area contributed by atoms with Crippen molar-refractivity contribution in [3.05, 3.63) is 51.2 Å². The molecule has 3 heteroatoms. The van der Waals surface area contributed by atoms with Gasteiger partial charge < -0.3 is 10.1 Å². The van der Waals surface area contributed by atoms with Gasteiger partial charge in [-0.3, -0.25) is 0 Å². The summed E-state index contributed by atoms with van der Waals surface area (Å²) >= 11 is 1.90. The van der Waals surface area contributed by atoms with Crippen molar-refractivity contribution in [3.8, 4) is 5.75 Å². The molecule has 1 atom stereocenters. The normalized spacial score (nSPS) is 17.8. The third-order valence-electron chi connectivity index (χ3n) is 3.90. The Morgan fingerprint density at radius 2 is 2.05 bits per heavy atom. The second-order valence-electron chi connectivity index (χ2n) is 5.10. The van der Waals surface area contributed by atoms with Crippen LogP contribution in [0.2, 0.25) is 0 Å². The molecule has 1 N–H and O–H groups in total. The predicted octanol–water partition coefficient (Wildman–Crippen LogP) is 3.94. The number of nitrogens with one attached hydrogen (secondary N) is 1. The molecule has 0 bridgehead atoms. The van der Waals surface area contributed by atoms with Crippen molar-refractivity contribution >= 4 is 11.3 Å². The fourth-order valence-electron chi connectivity index (χ4n) is 2.88. The van der Waals surface area contributed by atoms with E-state index in [4.69, 9.17) is 4.74 Å². The average Bonchev–Trinajstić information content (AvgIpc) is 2.91. The summed E-state index contributed by atoms with van der Waals surface area (Å²) in [4.78, 5) is 1.50. The molecule has 3 rings (SSSR count). The zero-order valence-electron chi connectivity index (χ0n) is 12.1. The maximum absolute atomic E-state index is 5.52. The number of hydrogen-bond donors (Lipinski definition) is 1. The van der Waals surface area contributed by atoms with E-state index in [0.717, 1.165) is 31.7 Å². The van der Waals surface area contributed by atoms with Crippen LogP contribution in [0.15, 0.2) is 29.6 Å². The van der Waals surface area contributed by atoms with Crippen LogP contribution in [0.1, 0.15) is 41.5 Å². The standard InChI is InChI=1S/C17H21NOS/c1-3-12-11-20-17-15(12)9-10-18-16(17)13-5-7-14(8-6-13)19-4-2/h5-8,11,16,18H,3-4,9-10H2,1-2H3. The molecular weight excluding hydrogens is 266 g/mol. The van der Waals surface area contributed by atoms with Crippen LogP contribution < -0.4 is 10.1 Å². The van der Waals surface area contributed by atoms with Gasteiger partial charge in [-0.1, -0.05) is 19.1 Å². The molecular formula is C17H21NOS. The lowest BCUT2D eigenvalue weighted by molar-refractivity contribution is 0.340. The first kappa shape index (κ1) is 13.7. The average molecular weight is 287 g/mol. The maximum atomic E-state index is 5.52. The number of hydrogen-bond acceptors (Lipinski definition) is 3. The van der Waals surface area contributed by atoms with Gasteiger partial charge in [-0.25, -0.2) is 0 Å². The summed E-state index contributed by atoms with van der Waals surface area (Å²) in [5, 5.41) is 5.98. The fraction of sp³-hybridized carbons (Fsp3) is 0.412. The molecule has 2 aromatic rings. The molecule has 0 radical (unpaired) electrons. The van der Waals surface area contributed by atoms with Crippen molar-refractivity contribution < 1.29 is 4.74 Å². The van der Waals surface area contributed by atoms with Crippen molar-refractivity contribution in [2.45, 2.75) is 32.7 Å². The Morgan fingerprint density at radius 3 is 2.75 bits per heavy atom. The molecule has 1 aliphatic rings. The lowest BCUT2D eigenvalue weighted by atomic mass is 9.94. The van der Waals surface area contributed by atoms with Gasteiger partial charge in [0.05, 0.1) is 12.6 Å². The van der Waals surface area contributed by atoms with Crippen LogP contribution in [0.4, 0.5) is 0 Å². The summed E-state index contributed by atoms with van der Waals surface area (Å²) in [7, 11) is 0. The first-order valence-electron chi connectivity index (χ1n) is 7.38. The van der Waals surface area contributed by atoms with Gasteiger partial charge in [-0.15, -0.1) is 11.3 Å². The molecule has 1 aliphatic heterocycles. The third-order valence-corrected chi connectivity index (χ3v) is 5.04. The Labute approximate surface area is 124 Å². The van der Waals surface area contributed by atoms with Crippen LogP contribution in [-0.4, -0.2) is 13.2 Å². The topological polar surface area (TPSA) is 21.3 Å². The van der Waals surface area contributed by atoms with E-state index in [-0.39, 0.29) is 0 Å². The lowest BCUT2D eigenvalue weighted by Crippen LogP contribution is -2.29. The highest BCUT2D eigenvalue weighted by Crippen LogP contribution is 2.36. The van der Waals surface area contributed by atoms with E-state index in [1.165, 1.54) is 16.0 Å². The summed E-state index contributed by atoms with van der Waals surface area (Å²) in [6.07, 6.45) is 2.30. The number of thiophene rings is 1. The molecule has 0 saturated heterocycles. The number of fused-ring (bicyclic) bond motifs is 1. The lowest BCUT2D eigenvalue weighted by Gasteiger charge is -2.25. The zero-order chi connectivity index (χ0) is 13.9. The quantitative estimate of drug-likeness (QED) is 0.919. The van der Waals surface area contributed by atoms with Crippen LogP contribution in [-0.2, 0) is 12.8 Å². The van der Waals surface area contributed by atoms with Gasteiger partial charge in [0.1, 0.15) is 5.75 Å². The van der Waals surface area contributed by atoms with Crippen LogP contribution in [0.5, 0.6) is 5.75 Å².